The predicted octanol–water partition coefficient (Wildman–Crippen LogP) is 5.59. The Labute approximate surface area is 182 Å². The third kappa shape index (κ3) is 2.62. The smallest absolute Gasteiger partial charge is 0.270 e. The van der Waals surface area contributed by atoms with E-state index in [1.165, 1.54) is 16.8 Å². The van der Waals surface area contributed by atoms with Crippen LogP contribution in [0.25, 0.3) is 10.4 Å². The first kappa shape index (κ1) is 19.1. The van der Waals surface area contributed by atoms with Crippen molar-refractivity contribution in [2.75, 3.05) is 11.4 Å². The van der Waals surface area contributed by atoms with Gasteiger partial charge < -0.3 is 4.90 Å². The van der Waals surface area contributed by atoms with Gasteiger partial charge in [-0.25, -0.2) is 10.1 Å². The molecule has 150 valence electrons. The minimum atomic E-state index is -0.191. The molecule has 0 unspecified atom stereocenters. The van der Waals surface area contributed by atoms with Crippen LogP contribution in [-0.2, 0) is 11.8 Å². The summed E-state index contributed by atoms with van der Waals surface area (Å²) in [5.41, 5.74) is 6.98. The molecule has 2 aliphatic heterocycles. The lowest BCUT2D eigenvalue weighted by molar-refractivity contribution is 0.104. The normalized spacial score (nSPS) is 22.2. The van der Waals surface area contributed by atoms with E-state index in [-0.39, 0.29) is 16.9 Å². The van der Waals surface area contributed by atoms with Crippen LogP contribution in [0.15, 0.2) is 71.6 Å². The second-order valence-electron chi connectivity index (χ2n) is 8.65. The number of nitriles is 1. The van der Waals surface area contributed by atoms with Crippen molar-refractivity contribution in [1.29, 1.82) is 5.26 Å². The molecule has 0 spiro atoms. The minimum absolute atomic E-state index is 0.0443. The van der Waals surface area contributed by atoms with Crippen molar-refractivity contribution in [3.8, 4) is 6.07 Å². The monoisotopic (exact) mass is 403 g/mol. The molecule has 0 atom stereocenters. The second kappa shape index (κ2) is 6.83. The van der Waals surface area contributed by atoms with Crippen molar-refractivity contribution >= 4 is 17.0 Å². The number of fused-ring (bicyclic) bond motifs is 1. The maximum atomic E-state index is 13.2. The maximum absolute atomic E-state index is 13.2. The molecule has 0 saturated carbocycles. The summed E-state index contributed by atoms with van der Waals surface area (Å²) >= 11 is 0. The summed E-state index contributed by atoms with van der Waals surface area (Å²) < 4.78 is 0. The van der Waals surface area contributed by atoms with E-state index >= 15 is 0 Å². The standard InChI is InChI=1S/C27H21N3O/c1-27(2)21-12-6-8-17-9-7-15-30(25(17)21)23(27)14-13-20-24(22(16-28)29-3)18-10-4-5-11-19(18)26(20)31/h4-6,8,10-14H,7,9,15H2,1-2H3/b20-13+,23-14+,24-22-. The molecule has 0 fully saturated rings. The highest BCUT2D eigenvalue weighted by Crippen LogP contribution is 2.51. The molecule has 0 saturated heterocycles. The van der Waals surface area contributed by atoms with E-state index in [9.17, 15) is 10.1 Å². The third-order valence-corrected chi connectivity index (χ3v) is 6.64. The zero-order valence-corrected chi connectivity index (χ0v) is 17.6. The van der Waals surface area contributed by atoms with Gasteiger partial charge in [0.2, 0.25) is 0 Å². The molecule has 0 amide bonds. The highest BCUT2D eigenvalue weighted by Gasteiger charge is 2.42. The number of ketones is 1. The zero-order chi connectivity index (χ0) is 21.8. The van der Waals surface area contributed by atoms with Crippen LogP contribution in [0.1, 0.15) is 47.3 Å². The SMILES string of the molecule is [C-]#[N+]\C(C#N)=C1/C(=C\C=C2\N3CCCc4cccc(c43)C2(C)C)C(=O)c2ccccc21. The van der Waals surface area contributed by atoms with Crippen molar-refractivity contribution in [2.45, 2.75) is 32.1 Å². The number of hydrogen-bond acceptors (Lipinski definition) is 3. The van der Waals surface area contributed by atoms with Gasteiger partial charge in [0.25, 0.3) is 5.70 Å². The number of anilines is 1. The number of hydrogen-bond donors (Lipinski definition) is 0. The number of benzene rings is 2. The highest BCUT2D eigenvalue weighted by atomic mass is 16.1. The third-order valence-electron chi connectivity index (χ3n) is 6.64. The average molecular weight is 403 g/mol. The fraction of sp³-hybridized carbons (Fsp3) is 0.222. The number of para-hydroxylation sites is 1. The largest absolute Gasteiger partial charge is 0.344 e. The van der Waals surface area contributed by atoms with Crippen molar-refractivity contribution < 1.29 is 4.79 Å². The van der Waals surface area contributed by atoms with Gasteiger partial charge in [-0.3, -0.25) is 4.79 Å². The van der Waals surface area contributed by atoms with E-state index in [1.54, 1.807) is 6.07 Å². The summed E-state index contributed by atoms with van der Waals surface area (Å²) in [5.74, 6) is -0.133. The Morgan fingerprint density at radius 2 is 1.94 bits per heavy atom. The topological polar surface area (TPSA) is 48.5 Å². The summed E-state index contributed by atoms with van der Waals surface area (Å²) in [7, 11) is 0. The van der Waals surface area contributed by atoms with Gasteiger partial charge in [-0.05, 0) is 41.7 Å². The Bertz CT molecular complexity index is 1310. The fourth-order valence-corrected chi connectivity index (χ4v) is 5.19. The molecule has 0 radical (unpaired) electrons. The number of aryl methyl sites for hydroxylation is 1. The number of allylic oxidation sites excluding steroid dienone is 6. The van der Waals surface area contributed by atoms with Crippen molar-refractivity contribution in [1.82, 2.24) is 0 Å². The van der Waals surface area contributed by atoms with Crippen LogP contribution in [0.3, 0.4) is 0 Å². The van der Waals surface area contributed by atoms with Crippen molar-refractivity contribution in [3.63, 3.8) is 0 Å². The van der Waals surface area contributed by atoms with Crippen LogP contribution < -0.4 is 4.90 Å². The zero-order valence-electron chi connectivity index (χ0n) is 17.6. The van der Waals surface area contributed by atoms with Gasteiger partial charge in [-0.2, -0.15) is 0 Å². The summed E-state index contributed by atoms with van der Waals surface area (Å²) in [6, 6.07) is 15.7. The van der Waals surface area contributed by atoms with Crippen LogP contribution >= 0.6 is 0 Å². The molecule has 4 heteroatoms. The van der Waals surface area contributed by atoms with Crippen molar-refractivity contribution in [2.24, 2.45) is 0 Å². The molecular weight excluding hydrogens is 382 g/mol. The van der Waals surface area contributed by atoms with Crippen LogP contribution in [0, 0.1) is 17.9 Å². The Balaban J connectivity index is 1.69. The van der Waals surface area contributed by atoms with E-state index in [0.29, 0.717) is 22.3 Å². The summed E-state index contributed by atoms with van der Waals surface area (Å²) in [4.78, 5) is 19.0. The quantitative estimate of drug-likeness (QED) is 0.354. The molecular formula is C27H21N3O. The maximum Gasteiger partial charge on any atom is 0.270 e. The summed E-state index contributed by atoms with van der Waals surface area (Å²) in [6.45, 7) is 12.8. The predicted molar refractivity (Wildman–Crippen MR) is 121 cm³/mol. The molecule has 0 N–H and O–H groups in total. The number of Topliss-reactive ketones (excluding diaryl/α,β-unsaturated/α-hetero) is 1. The van der Waals surface area contributed by atoms with Gasteiger partial charge in [0.1, 0.15) is 0 Å². The molecule has 2 aromatic rings. The van der Waals surface area contributed by atoms with Crippen LogP contribution in [0.2, 0.25) is 0 Å². The Kier molecular flexibility index (Phi) is 4.20. The first-order valence-electron chi connectivity index (χ1n) is 10.5. The van der Waals surface area contributed by atoms with Gasteiger partial charge in [-0.1, -0.05) is 56.3 Å². The molecule has 4 nitrogen and oxygen atoms in total. The van der Waals surface area contributed by atoms with E-state index < -0.39 is 0 Å². The minimum Gasteiger partial charge on any atom is -0.344 e. The molecule has 3 aliphatic rings. The summed E-state index contributed by atoms with van der Waals surface area (Å²) in [5, 5.41) is 9.53. The van der Waals surface area contributed by atoms with Gasteiger partial charge in [-0.15, -0.1) is 0 Å². The van der Waals surface area contributed by atoms with Gasteiger partial charge in [0.15, 0.2) is 5.78 Å². The van der Waals surface area contributed by atoms with Crippen LogP contribution in [0.5, 0.6) is 0 Å². The fourth-order valence-electron chi connectivity index (χ4n) is 5.19. The Morgan fingerprint density at radius 1 is 1.16 bits per heavy atom. The molecule has 31 heavy (non-hydrogen) atoms. The highest BCUT2D eigenvalue weighted by molar-refractivity contribution is 6.27. The Morgan fingerprint density at radius 3 is 2.68 bits per heavy atom. The van der Waals surface area contributed by atoms with Gasteiger partial charge >= 0.3 is 0 Å². The number of nitrogens with zero attached hydrogens (tertiary/aromatic N) is 3. The van der Waals surface area contributed by atoms with Crippen LogP contribution in [-0.4, -0.2) is 12.3 Å². The lowest BCUT2D eigenvalue weighted by Crippen LogP contribution is -2.29. The number of rotatable bonds is 1. The lowest BCUT2D eigenvalue weighted by Gasteiger charge is -2.30. The average Bonchev–Trinajstić information content (AvgIpc) is 3.18. The molecule has 5 rings (SSSR count). The van der Waals surface area contributed by atoms with E-state index in [4.69, 9.17) is 6.57 Å². The molecule has 2 heterocycles. The van der Waals surface area contributed by atoms with Gasteiger partial charge in [0.05, 0.1) is 12.6 Å². The molecule has 0 aromatic heterocycles. The lowest BCUT2D eigenvalue weighted by atomic mass is 9.83. The Hall–Kier alpha value is -3.89. The first-order chi connectivity index (χ1) is 15.0. The second-order valence-corrected chi connectivity index (χ2v) is 8.65. The molecule has 0 bridgehead atoms. The van der Waals surface area contributed by atoms with Gasteiger partial charge in [0, 0.05) is 40.1 Å². The van der Waals surface area contributed by atoms with E-state index in [2.05, 4.69) is 41.8 Å². The first-order valence-corrected chi connectivity index (χ1v) is 10.5. The van der Waals surface area contributed by atoms with Crippen LogP contribution in [0.4, 0.5) is 5.69 Å². The van der Waals surface area contributed by atoms with Crippen molar-refractivity contribution in [3.05, 3.63) is 105 Å². The summed E-state index contributed by atoms with van der Waals surface area (Å²) in [6.07, 6.45) is 6.01. The van der Waals surface area contributed by atoms with E-state index in [1.807, 2.05) is 36.4 Å². The van der Waals surface area contributed by atoms with E-state index in [0.717, 1.165) is 25.1 Å². The number of carbonyl (C=O) groups excluding carboxylic acids is 1. The molecule has 1 aliphatic carbocycles. The molecule has 2 aromatic carbocycles. The number of carbonyl (C=O) groups is 1.